The molecule has 0 amide bonds. The van der Waals surface area contributed by atoms with Crippen molar-refractivity contribution in [3.05, 3.63) is 106 Å². The lowest BCUT2D eigenvalue weighted by Gasteiger charge is -2.55. The van der Waals surface area contributed by atoms with Crippen molar-refractivity contribution in [1.82, 2.24) is 15.0 Å². The normalized spacial score (nSPS) is 22.2. The molecule has 1 N–H and O–H groups in total. The van der Waals surface area contributed by atoms with Crippen LogP contribution in [0.5, 0.6) is 11.6 Å². The lowest BCUT2D eigenvalue weighted by atomic mass is 9.57. The molecule has 0 saturated heterocycles. The van der Waals surface area contributed by atoms with Crippen LogP contribution in [0, 0.1) is 11.8 Å². The number of benzene rings is 2. The van der Waals surface area contributed by atoms with Gasteiger partial charge in [-0.25, -0.2) is 4.98 Å². The van der Waals surface area contributed by atoms with E-state index in [2.05, 4.69) is 43.9 Å². The van der Waals surface area contributed by atoms with Crippen LogP contribution in [-0.4, -0.2) is 73.3 Å². The van der Waals surface area contributed by atoms with Crippen LogP contribution in [0.25, 0.3) is 5.76 Å². The molecule has 0 radical (unpaired) electrons. The number of hydrogen-bond acceptors (Lipinski definition) is 11. The van der Waals surface area contributed by atoms with Gasteiger partial charge in [0.1, 0.15) is 36.1 Å². The van der Waals surface area contributed by atoms with Gasteiger partial charge in [-0.15, -0.1) is 0 Å². The Balaban J connectivity index is 1.42. The van der Waals surface area contributed by atoms with Gasteiger partial charge in [-0.2, -0.15) is 0 Å². The molecule has 2 aromatic heterocycles. The van der Waals surface area contributed by atoms with Crippen molar-refractivity contribution in [2.24, 2.45) is 11.8 Å². The molecule has 4 aromatic rings. The second-order valence-corrected chi connectivity index (χ2v) is 21.5. The van der Waals surface area contributed by atoms with Crippen LogP contribution in [-0.2, 0) is 28.9 Å². The molecule has 7 rings (SSSR count). The molecule has 11 nitrogen and oxygen atoms in total. The van der Waals surface area contributed by atoms with Crippen LogP contribution in [0.15, 0.2) is 77.0 Å². The van der Waals surface area contributed by atoms with Gasteiger partial charge in [-0.1, -0.05) is 88.4 Å². The Morgan fingerprint density at radius 1 is 0.927 bits per heavy atom. The largest absolute Gasteiger partial charge is 0.507 e. The topological polar surface area (TPSA) is 127 Å². The van der Waals surface area contributed by atoms with E-state index in [1.54, 1.807) is 6.20 Å². The maximum absolute atomic E-state index is 15.8. The molecule has 1 unspecified atom stereocenters. The molecule has 1 saturated carbocycles. The predicted octanol–water partition coefficient (Wildman–Crippen LogP) is 7.97. The lowest BCUT2D eigenvalue weighted by Crippen LogP contribution is -2.68. The minimum absolute atomic E-state index is 0.0235. The fourth-order valence-corrected chi connectivity index (χ4v) is 9.61. The van der Waals surface area contributed by atoms with E-state index >= 15 is 9.59 Å². The molecule has 3 aliphatic carbocycles. The summed E-state index contributed by atoms with van der Waals surface area (Å²) in [5.74, 6) is -0.949. The SMILES string of the molecule is CCN(C)[C@@H]1c2onc(OCc3ccccc3)c2C(=O)C2(O[Si](C)(C)C(C)(C)C)C(=O)C3=C(O)c4c(OCc5ccccc5)cnc(N(C)C)c4C[C@H]3C[C@@H]12. The number of fused-ring (bicyclic) bond motifs is 4. The summed E-state index contributed by atoms with van der Waals surface area (Å²) in [6.45, 7) is 13.4. The highest BCUT2D eigenvalue weighted by molar-refractivity contribution is 6.74. The van der Waals surface area contributed by atoms with Gasteiger partial charge in [0, 0.05) is 31.1 Å². The molecule has 12 heteroatoms. The monoisotopic (exact) mass is 764 g/mol. The Bertz CT molecular complexity index is 2130. The van der Waals surface area contributed by atoms with Crippen LogP contribution in [0.2, 0.25) is 18.1 Å². The zero-order valence-electron chi connectivity index (χ0n) is 33.3. The number of rotatable bonds is 11. The summed E-state index contributed by atoms with van der Waals surface area (Å²) in [5.41, 5.74) is 1.34. The number of ether oxygens (including phenoxy) is 2. The Morgan fingerprint density at radius 3 is 2.13 bits per heavy atom. The number of carbonyl (C=O) groups is 2. The summed E-state index contributed by atoms with van der Waals surface area (Å²) in [7, 11) is 2.88. The molecule has 0 spiro atoms. The number of pyridine rings is 1. The molecule has 4 atom stereocenters. The Kier molecular flexibility index (Phi) is 10.1. The second-order valence-electron chi connectivity index (χ2n) is 16.7. The van der Waals surface area contributed by atoms with E-state index < -0.39 is 43.4 Å². The van der Waals surface area contributed by atoms with Crippen molar-refractivity contribution in [1.29, 1.82) is 0 Å². The number of aliphatic hydroxyl groups is 1. The standard InChI is InChI=1S/C43H52N4O7Si/c1-10-47(7)35-30-22-28-21-29-33(31(23-44-40(29)46(5)6)51-24-26-17-13-11-14-18-26)36(48)32(28)38(49)43(30,54-55(8,9)42(2,3)4)39(50)34-37(35)53-45-41(34)52-25-27-19-15-12-16-20-27/h11-20,23,28,30,35,48H,10,21-22,24-25H2,1-9H3/t28-,30-,35-,43?/m0/s1. The summed E-state index contributed by atoms with van der Waals surface area (Å²) in [6.07, 6.45) is 2.37. The number of carbonyl (C=O) groups excluding carboxylic acids is 2. The molecule has 1 fully saturated rings. The van der Waals surface area contributed by atoms with Crippen molar-refractivity contribution >= 4 is 31.5 Å². The van der Waals surface area contributed by atoms with Gasteiger partial charge in [0.15, 0.2) is 19.7 Å². The maximum Gasteiger partial charge on any atom is 0.265 e. The minimum atomic E-state index is -2.89. The summed E-state index contributed by atoms with van der Waals surface area (Å²) in [6, 6.07) is 18.8. The molecule has 0 bridgehead atoms. The molecular weight excluding hydrogens is 713 g/mol. The molecule has 2 aromatic carbocycles. The van der Waals surface area contributed by atoms with Crippen LogP contribution >= 0.6 is 0 Å². The van der Waals surface area contributed by atoms with Crippen molar-refractivity contribution in [3.8, 4) is 11.6 Å². The van der Waals surface area contributed by atoms with E-state index in [0.29, 0.717) is 42.3 Å². The molecule has 290 valence electrons. The fourth-order valence-electron chi connectivity index (χ4n) is 8.16. The number of ketones is 2. The number of hydrogen-bond donors (Lipinski definition) is 1. The molecule has 55 heavy (non-hydrogen) atoms. The third-order valence-corrected chi connectivity index (χ3v) is 16.5. The third kappa shape index (κ3) is 6.47. The quantitative estimate of drug-likeness (QED) is 0.118. The molecule has 0 aliphatic heterocycles. The summed E-state index contributed by atoms with van der Waals surface area (Å²) >= 11 is 0. The van der Waals surface area contributed by atoms with Gasteiger partial charge in [-0.05, 0) is 66.8 Å². The minimum Gasteiger partial charge on any atom is -0.507 e. The molecular formula is C43H52N4O7Si. The number of aromatic nitrogens is 2. The van der Waals surface area contributed by atoms with E-state index in [9.17, 15) is 5.11 Å². The fraction of sp³-hybridized carbons (Fsp3) is 0.442. The lowest BCUT2D eigenvalue weighted by molar-refractivity contribution is -0.140. The predicted molar refractivity (Wildman–Crippen MR) is 213 cm³/mol. The van der Waals surface area contributed by atoms with Gasteiger partial charge >= 0.3 is 0 Å². The highest BCUT2D eigenvalue weighted by Crippen LogP contribution is 2.59. The number of anilines is 1. The first kappa shape index (κ1) is 38.5. The first-order valence-electron chi connectivity index (χ1n) is 19.1. The molecule has 3 aliphatic rings. The van der Waals surface area contributed by atoms with Crippen molar-refractivity contribution in [2.75, 3.05) is 32.6 Å². The Labute approximate surface area is 324 Å². The first-order valence-corrected chi connectivity index (χ1v) is 22.0. The smallest absolute Gasteiger partial charge is 0.265 e. The van der Waals surface area contributed by atoms with Crippen LogP contribution in [0.4, 0.5) is 5.82 Å². The van der Waals surface area contributed by atoms with Crippen molar-refractivity contribution in [3.63, 3.8) is 0 Å². The van der Waals surface area contributed by atoms with E-state index in [-0.39, 0.29) is 41.0 Å². The Morgan fingerprint density at radius 2 is 1.55 bits per heavy atom. The second kappa shape index (κ2) is 14.4. The van der Waals surface area contributed by atoms with Gasteiger partial charge in [0.2, 0.25) is 11.6 Å². The van der Waals surface area contributed by atoms with Gasteiger partial charge in [-0.3, -0.25) is 14.5 Å². The first-order chi connectivity index (χ1) is 26.1. The van der Waals surface area contributed by atoms with E-state index in [0.717, 1.165) is 16.7 Å². The van der Waals surface area contributed by atoms with Crippen LogP contribution in [0.1, 0.15) is 78.5 Å². The van der Waals surface area contributed by atoms with Crippen LogP contribution in [0.3, 0.4) is 0 Å². The zero-order chi connectivity index (χ0) is 39.4. The average molecular weight is 765 g/mol. The van der Waals surface area contributed by atoms with Crippen molar-refractivity contribution in [2.45, 2.75) is 83.5 Å². The highest BCUT2D eigenvalue weighted by atomic mass is 28.4. The van der Waals surface area contributed by atoms with Crippen molar-refractivity contribution < 1.29 is 33.1 Å². The average Bonchev–Trinajstić information content (AvgIpc) is 3.57. The van der Waals surface area contributed by atoms with E-state index in [4.69, 9.17) is 23.4 Å². The van der Waals surface area contributed by atoms with Crippen LogP contribution < -0.4 is 14.4 Å². The molecule has 2 heterocycles. The number of aliphatic hydroxyl groups excluding tert-OH is 1. The Hall–Kier alpha value is -4.78. The maximum atomic E-state index is 15.8. The van der Waals surface area contributed by atoms with Gasteiger partial charge < -0.3 is 28.4 Å². The number of nitrogens with zero attached hydrogens (tertiary/aromatic N) is 4. The van der Waals surface area contributed by atoms with E-state index in [1.165, 1.54) is 0 Å². The highest BCUT2D eigenvalue weighted by Gasteiger charge is 2.69. The number of Topliss-reactive ketones (excluding diaryl/α,β-unsaturated/α-hetero) is 2. The van der Waals surface area contributed by atoms with Gasteiger partial charge in [0.05, 0.1) is 17.8 Å². The van der Waals surface area contributed by atoms with Gasteiger partial charge in [0.25, 0.3) is 5.88 Å². The van der Waals surface area contributed by atoms with E-state index in [1.807, 2.05) is 93.6 Å². The summed E-state index contributed by atoms with van der Waals surface area (Å²) in [4.78, 5) is 40.2. The third-order valence-electron chi connectivity index (χ3n) is 12.1. The summed E-state index contributed by atoms with van der Waals surface area (Å²) < 4.78 is 25.9. The summed E-state index contributed by atoms with van der Waals surface area (Å²) in [5, 5.41) is 16.5. The zero-order valence-corrected chi connectivity index (χ0v) is 34.3.